The first kappa shape index (κ1) is 13.7. The summed E-state index contributed by atoms with van der Waals surface area (Å²) in [7, 11) is 0. The zero-order chi connectivity index (χ0) is 11.8. The molecule has 0 bridgehead atoms. The van der Waals surface area contributed by atoms with Crippen molar-refractivity contribution in [1.82, 2.24) is 0 Å². The van der Waals surface area contributed by atoms with Gasteiger partial charge in [0.05, 0.1) is 0 Å². The molecule has 0 N–H and O–H groups in total. The Bertz CT molecular complexity index is 186. The molecule has 1 saturated carbocycles. The van der Waals surface area contributed by atoms with Crippen molar-refractivity contribution >= 4 is 5.78 Å². The van der Waals surface area contributed by atoms with E-state index in [4.69, 9.17) is 0 Å². The van der Waals surface area contributed by atoms with E-state index in [1.807, 2.05) is 0 Å². The molecule has 0 amide bonds. The molecule has 0 aromatic rings. The second-order valence-electron chi connectivity index (χ2n) is 5.49. The summed E-state index contributed by atoms with van der Waals surface area (Å²) < 4.78 is 0. The summed E-state index contributed by atoms with van der Waals surface area (Å²) in [6.45, 7) is 4.40. The minimum Gasteiger partial charge on any atom is -0.300 e. The molecule has 0 saturated heterocycles. The fourth-order valence-electron chi connectivity index (χ4n) is 2.87. The third kappa shape index (κ3) is 5.14. The summed E-state index contributed by atoms with van der Waals surface area (Å²) in [4.78, 5) is 12.0. The van der Waals surface area contributed by atoms with Crippen LogP contribution in [0.5, 0.6) is 0 Å². The topological polar surface area (TPSA) is 17.1 Å². The molecule has 0 aliphatic heterocycles. The van der Waals surface area contributed by atoms with Crippen molar-refractivity contribution in [1.29, 1.82) is 0 Å². The molecule has 0 radical (unpaired) electrons. The molecule has 0 atom stereocenters. The maximum Gasteiger partial charge on any atom is 0.133 e. The molecular formula is C15H28O. The van der Waals surface area contributed by atoms with Gasteiger partial charge in [0.25, 0.3) is 0 Å². The number of carbonyl (C=O) groups is 1. The maximum atomic E-state index is 12.0. The van der Waals surface area contributed by atoms with Crippen LogP contribution in [0, 0.1) is 11.8 Å². The lowest BCUT2D eigenvalue weighted by molar-refractivity contribution is -0.121. The number of carbonyl (C=O) groups excluding carboxylic acids is 1. The predicted octanol–water partition coefficient (Wildman–Crippen LogP) is 4.74. The standard InChI is InChI=1S/C15H28O/c1-3-13(4-2)11-15(16)12-14-9-7-5-6-8-10-14/h13-14H,3-12H2,1-2H3. The molecule has 0 unspecified atom stereocenters. The molecule has 1 rings (SSSR count). The summed E-state index contributed by atoms with van der Waals surface area (Å²) in [5.41, 5.74) is 0. The van der Waals surface area contributed by atoms with Gasteiger partial charge in [-0.2, -0.15) is 0 Å². The van der Waals surface area contributed by atoms with Gasteiger partial charge in [-0.15, -0.1) is 0 Å². The minimum atomic E-state index is 0.528. The fourth-order valence-corrected chi connectivity index (χ4v) is 2.87. The highest BCUT2D eigenvalue weighted by atomic mass is 16.1. The van der Waals surface area contributed by atoms with E-state index in [0.29, 0.717) is 17.6 Å². The van der Waals surface area contributed by atoms with E-state index in [-0.39, 0.29) is 0 Å². The van der Waals surface area contributed by atoms with Crippen molar-refractivity contribution in [2.45, 2.75) is 78.1 Å². The summed E-state index contributed by atoms with van der Waals surface area (Å²) in [6, 6.07) is 0. The number of hydrogen-bond acceptors (Lipinski definition) is 1. The van der Waals surface area contributed by atoms with Gasteiger partial charge in [0.2, 0.25) is 0 Å². The summed E-state index contributed by atoms with van der Waals surface area (Å²) >= 11 is 0. The molecule has 0 heterocycles. The molecule has 0 spiro atoms. The summed E-state index contributed by atoms with van der Waals surface area (Å²) in [5, 5.41) is 0. The highest BCUT2D eigenvalue weighted by Gasteiger charge is 2.17. The fraction of sp³-hybridized carbons (Fsp3) is 0.933. The van der Waals surface area contributed by atoms with Crippen LogP contribution in [0.4, 0.5) is 0 Å². The van der Waals surface area contributed by atoms with Crippen LogP contribution in [-0.2, 0) is 4.79 Å². The highest BCUT2D eigenvalue weighted by molar-refractivity contribution is 5.78. The molecule has 1 aliphatic rings. The van der Waals surface area contributed by atoms with Gasteiger partial charge in [0, 0.05) is 12.8 Å². The second-order valence-corrected chi connectivity index (χ2v) is 5.49. The molecule has 0 aromatic carbocycles. The van der Waals surface area contributed by atoms with Crippen LogP contribution >= 0.6 is 0 Å². The molecule has 0 aromatic heterocycles. The Kier molecular flexibility index (Phi) is 6.75. The van der Waals surface area contributed by atoms with Crippen LogP contribution in [-0.4, -0.2) is 5.78 Å². The Hall–Kier alpha value is -0.330. The number of hydrogen-bond donors (Lipinski definition) is 0. The largest absolute Gasteiger partial charge is 0.300 e. The molecule has 1 aliphatic carbocycles. The van der Waals surface area contributed by atoms with Crippen LogP contribution < -0.4 is 0 Å². The Morgan fingerprint density at radius 2 is 1.62 bits per heavy atom. The lowest BCUT2D eigenvalue weighted by Crippen LogP contribution is -2.12. The number of Topliss-reactive ketones (excluding diaryl/α,β-unsaturated/α-hetero) is 1. The SMILES string of the molecule is CCC(CC)CC(=O)CC1CCCCCC1. The van der Waals surface area contributed by atoms with Crippen LogP contribution in [0.15, 0.2) is 0 Å². The van der Waals surface area contributed by atoms with E-state index < -0.39 is 0 Å². The van der Waals surface area contributed by atoms with Gasteiger partial charge >= 0.3 is 0 Å². The van der Waals surface area contributed by atoms with Crippen LogP contribution in [0.3, 0.4) is 0 Å². The van der Waals surface area contributed by atoms with Gasteiger partial charge in [-0.25, -0.2) is 0 Å². The van der Waals surface area contributed by atoms with Gasteiger partial charge in [0.15, 0.2) is 0 Å². The van der Waals surface area contributed by atoms with E-state index in [9.17, 15) is 4.79 Å². The molecule has 1 heteroatoms. The molecule has 94 valence electrons. The number of rotatable bonds is 6. The number of ketones is 1. The average molecular weight is 224 g/mol. The first-order chi connectivity index (χ1) is 7.76. The Labute approximate surface area is 101 Å². The summed E-state index contributed by atoms with van der Waals surface area (Å²) in [6.07, 6.45) is 12.1. The Morgan fingerprint density at radius 1 is 1.06 bits per heavy atom. The maximum absolute atomic E-state index is 12.0. The van der Waals surface area contributed by atoms with E-state index >= 15 is 0 Å². The van der Waals surface area contributed by atoms with Gasteiger partial charge in [-0.3, -0.25) is 4.79 Å². The van der Waals surface area contributed by atoms with Crippen molar-refractivity contribution in [3.8, 4) is 0 Å². The van der Waals surface area contributed by atoms with Crippen molar-refractivity contribution in [3.63, 3.8) is 0 Å². The van der Waals surface area contributed by atoms with Crippen molar-refractivity contribution in [2.24, 2.45) is 11.8 Å². The van der Waals surface area contributed by atoms with Crippen molar-refractivity contribution in [3.05, 3.63) is 0 Å². The van der Waals surface area contributed by atoms with Crippen LogP contribution in [0.2, 0.25) is 0 Å². The van der Waals surface area contributed by atoms with E-state index in [1.54, 1.807) is 0 Å². The lowest BCUT2D eigenvalue weighted by Gasteiger charge is -2.15. The van der Waals surface area contributed by atoms with Gasteiger partial charge in [0.1, 0.15) is 5.78 Å². The van der Waals surface area contributed by atoms with Gasteiger partial charge < -0.3 is 0 Å². The van der Waals surface area contributed by atoms with Gasteiger partial charge in [-0.1, -0.05) is 65.2 Å². The average Bonchev–Trinajstić information content (AvgIpc) is 2.54. The van der Waals surface area contributed by atoms with E-state index in [0.717, 1.165) is 25.7 Å². The first-order valence-electron chi connectivity index (χ1n) is 7.27. The zero-order valence-electron chi connectivity index (χ0n) is 11.1. The predicted molar refractivity (Wildman–Crippen MR) is 69.5 cm³/mol. The zero-order valence-corrected chi connectivity index (χ0v) is 11.1. The normalized spacial score (nSPS) is 18.7. The second kappa shape index (κ2) is 7.86. The minimum absolute atomic E-state index is 0.528. The molecular weight excluding hydrogens is 196 g/mol. The van der Waals surface area contributed by atoms with Crippen LogP contribution in [0.1, 0.15) is 78.1 Å². The van der Waals surface area contributed by atoms with Gasteiger partial charge in [-0.05, 0) is 11.8 Å². The molecule has 1 nitrogen and oxygen atoms in total. The smallest absolute Gasteiger partial charge is 0.133 e. The Morgan fingerprint density at radius 3 is 2.12 bits per heavy atom. The third-order valence-electron chi connectivity index (χ3n) is 4.16. The van der Waals surface area contributed by atoms with E-state index in [2.05, 4.69) is 13.8 Å². The van der Waals surface area contributed by atoms with E-state index in [1.165, 1.54) is 38.5 Å². The highest BCUT2D eigenvalue weighted by Crippen LogP contribution is 2.27. The third-order valence-corrected chi connectivity index (χ3v) is 4.16. The molecule has 1 fully saturated rings. The molecule has 16 heavy (non-hydrogen) atoms. The monoisotopic (exact) mass is 224 g/mol. The van der Waals surface area contributed by atoms with Crippen LogP contribution in [0.25, 0.3) is 0 Å². The summed E-state index contributed by atoms with van der Waals surface area (Å²) in [5.74, 6) is 1.88. The van der Waals surface area contributed by atoms with Crippen molar-refractivity contribution < 1.29 is 4.79 Å². The van der Waals surface area contributed by atoms with Crippen molar-refractivity contribution in [2.75, 3.05) is 0 Å². The quantitative estimate of drug-likeness (QED) is 0.595. The first-order valence-corrected chi connectivity index (χ1v) is 7.27. The lowest BCUT2D eigenvalue weighted by atomic mass is 9.89. The Balaban J connectivity index is 2.26.